The molecule has 4 aromatic rings. The summed E-state index contributed by atoms with van der Waals surface area (Å²) in [5, 5.41) is 87.0. The number of aliphatic carboxylic acids is 1. The van der Waals surface area contributed by atoms with E-state index in [1.54, 1.807) is 31.2 Å². The summed E-state index contributed by atoms with van der Waals surface area (Å²) in [7, 11) is 0. The predicted octanol–water partition coefficient (Wildman–Crippen LogP) is 3.20. The molecule has 14 atom stereocenters. The van der Waals surface area contributed by atoms with Gasteiger partial charge in [-0.05, 0) is 133 Å². The second-order valence-electron chi connectivity index (χ2n) is 25.7. The lowest BCUT2D eigenvalue weighted by Crippen LogP contribution is -2.75. The Morgan fingerprint density at radius 2 is 1.56 bits per heavy atom. The fraction of sp³-hybridized carbons (Fsp3) is 0.516. The van der Waals surface area contributed by atoms with E-state index in [-0.39, 0.29) is 85.4 Å². The number of anilines is 2. The number of rotatable bonds is 18. The standard InChI is InChI=1S/C62H68F2N8O15/c1-57-15-13-38(74)20-41(57)42(63)21-40-39-19-36-24-72(30-61(36,46(76)25-73)58(39,2)23-45(75)62(40,57)64)37-10-5-33(6-11-37)22-59-27-60(28-59,29-59)69-56(84)85-26-34-7-12-44(86-55-51(81)49(79)50(80)52(87-55)54(82)83)43(17-34)68-47(77)14-16-65-48(78)18-32-3-8-35(9-4-32)53-70-66-31-67-71-53/h3-13,15,17,20,31,36,39-40,42,45,49-52,55,73,75,79-81H,14,16,18-19,21-30H2,1-2H3,(H,65,78)(H,68,77)(H,69,84)(H,82,83)/t36-,39-,40-,42-,45-,49-,50-,51+,52-,55+,57-,58-,59?,60?,61+,62-/m0/s1. The molecule has 0 radical (unpaired) electrons. The Morgan fingerprint density at radius 1 is 0.862 bits per heavy atom. The minimum Gasteiger partial charge on any atom is -0.479 e. The first kappa shape index (κ1) is 59.6. The largest absolute Gasteiger partial charge is 0.479 e. The third-order valence-electron chi connectivity index (χ3n) is 20.6. The maximum Gasteiger partial charge on any atom is 0.407 e. The highest BCUT2D eigenvalue weighted by Gasteiger charge is 2.78. The van der Waals surface area contributed by atoms with Crippen molar-refractivity contribution in [3.05, 3.63) is 114 Å². The number of Topliss-reactive ketones (excluding diaryl/α,β-unsaturated/α-hetero) is 1. The summed E-state index contributed by atoms with van der Waals surface area (Å²) in [5.74, 6) is -4.91. The monoisotopic (exact) mass is 1200 g/mol. The van der Waals surface area contributed by atoms with Crippen LogP contribution in [0.2, 0.25) is 0 Å². The van der Waals surface area contributed by atoms with Crippen LogP contribution in [0.5, 0.6) is 5.75 Å². The molecule has 0 unspecified atom stereocenters. The van der Waals surface area contributed by atoms with Gasteiger partial charge in [0.05, 0.1) is 23.6 Å². The average Bonchev–Trinajstić information content (AvgIpc) is 1.64. The zero-order valence-corrected chi connectivity index (χ0v) is 47.7. The molecule has 460 valence electrons. The third-order valence-corrected chi connectivity index (χ3v) is 20.6. The van der Waals surface area contributed by atoms with Crippen LogP contribution in [-0.4, -0.2) is 167 Å². The number of fused-ring (bicyclic) bond motifs is 7. The van der Waals surface area contributed by atoms with Crippen LogP contribution in [0.1, 0.15) is 75.5 Å². The van der Waals surface area contributed by atoms with E-state index in [0.717, 1.165) is 23.7 Å². The molecule has 3 amide bonds. The van der Waals surface area contributed by atoms with Crippen LogP contribution in [0.4, 0.5) is 25.0 Å². The quantitative estimate of drug-likeness (QED) is 0.0691. The number of benzene rings is 3. The molecule has 13 rings (SSSR count). The molecule has 8 fully saturated rings. The van der Waals surface area contributed by atoms with Gasteiger partial charge in [0.1, 0.15) is 43.4 Å². The molecule has 3 heterocycles. The maximum atomic E-state index is 17.9. The van der Waals surface area contributed by atoms with Crippen LogP contribution in [0, 0.1) is 39.4 Å². The highest BCUT2D eigenvalue weighted by Crippen LogP contribution is 2.75. The molecule has 1 aromatic heterocycles. The normalized spacial score (nSPS) is 35.9. The number of hydrogen-bond donors (Lipinski definition) is 9. The van der Waals surface area contributed by atoms with E-state index >= 15 is 8.78 Å². The lowest BCUT2D eigenvalue weighted by atomic mass is 9.38. The van der Waals surface area contributed by atoms with Gasteiger partial charge in [-0.15, -0.1) is 20.4 Å². The lowest BCUT2D eigenvalue weighted by Gasteiger charge is -2.70. The highest BCUT2D eigenvalue weighted by molar-refractivity contribution is 6.01. The number of hydrogen-bond acceptors (Lipinski definition) is 19. The van der Waals surface area contributed by atoms with Gasteiger partial charge >= 0.3 is 12.1 Å². The van der Waals surface area contributed by atoms with Crippen LogP contribution in [0.15, 0.2) is 96.9 Å². The SMILES string of the molecule is C[C@]12C=CC(=O)C=C1[C@@H](F)C[C@H]1[C@@H]3C[C@H]4CN(c5ccc(CC67CC(NC(=O)OCc8ccc(O[C@@H]9O[C@H](C(=O)O)[C@@H](O)[C@H](O)[C@H]9O)c(NC(=O)CCNC(=O)Cc9ccc(-c%10nncnn%10)cc9)c8)(C6)C7)cc5)C[C@@]4(C(=O)CO)[C@@]3(C)C[C@H](O)[C@@]12F. The molecule has 7 aliphatic carbocycles. The fourth-order valence-electron chi connectivity index (χ4n) is 16.6. The number of carboxylic acid groups (broad SMARTS) is 1. The van der Waals surface area contributed by atoms with Crippen molar-refractivity contribution in [3.63, 3.8) is 0 Å². The van der Waals surface area contributed by atoms with E-state index in [0.29, 0.717) is 54.7 Å². The van der Waals surface area contributed by atoms with E-state index in [2.05, 4.69) is 41.2 Å². The minimum absolute atomic E-state index is 0.00215. The number of ether oxygens (including phenoxy) is 3. The summed E-state index contributed by atoms with van der Waals surface area (Å²) in [5.41, 5.74) is -2.77. The average molecular weight is 1200 g/mol. The van der Waals surface area contributed by atoms with Crippen LogP contribution < -0.4 is 25.6 Å². The number of aliphatic hydroxyl groups excluding tert-OH is 5. The number of aliphatic hydroxyl groups is 5. The molecule has 0 spiro atoms. The molecule has 2 aliphatic heterocycles. The number of ketones is 2. The number of amides is 3. The van der Waals surface area contributed by atoms with Crippen molar-refractivity contribution in [3.8, 4) is 17.1 Å². The molecule has 23 nitrogen and oxygen atoms in total. The summed E-state index contributed by atoms with van der Waals surface area (Å²) in [6, 6.07) is 19.2. The molecular weight excluding hydrogens is 1130 g/mol. The van der Waals surface area contributed by atoms with E-state index in [1.165, 1.54) is 36.7 Å². The molecule has 25 heteroatoms. The van der Waals surface area contributed by atoms with E-state index in [4.69, 9.17) is 14.2 Å². The number of nitrogens with one attached hydrogen (secondary N) is 3. The zero-order valence-electron chi connectivity index (χ0n) is 47.7. The van der Waals surface area contributed by atoms with Gasteiger partial charge in [-0.3, -0.25) is 19.2 Å². The number of aromatic nitrogens is 4. The Morgan fingerprint density at radius 3 is 2.26 bits per heavy atom. The van der Waals surface area contributed by atoms with Crippen molar-refractivity contribution in [2.45, 2.75) is 132 Å². The number of carbonyl (C=O) groups is 6. The van der Waals surface area contributed by atoms with Crippen LogP contribution in [0.3, 0.4) is 0 Å². The van der Waals surface area contributed by atoms with Crippen molar-refractivity contribution < 1.29 is 82.4 Å². The molecular formula is C62H68F2N8O15. The molecule has 2 saturated heterocycles. The van der Waals surface area contributed by atoms with Crippen molar-refractivity contribution in [1.82, 2.24) is 31.0 Å². The molecule has 9 N–H and O–H groups in total. The van der Waals surface area contributed by atoms with Gasteiger partial charge in [0.2, 0.25) is 23.9 Å². The van der Waals surface area contributed by atoms with E-state index in [9.17, 15) is 59.4 Å². The van der Waals surface area contributed by atoms with E-state index < -0.39 is 113 Å². The number of allylic oxidation sites excluding steroid dienone is 4. The van der Waals surface area contributed by atoms with Gasteiger partial charge in [-0.25, -0.2) is 18.4 Å². The van der Waals surface area contributed by atoms with E-state index in [1.807, 2.05) is 31.2 Å². The highest BCUT2D eigenvalue weighted by atomic mass is 19.1. The van der Waals surface area contributed by atoms with Gasteiger partial charge in [0, 0.05) is 54.2 Å². The van der Waals surface area contributed by atoms with Crippen LogP contribution in [0.25, 0.3) is 11.4 Å². The van der Waals surface area contributed by atoms with Gasteiger partial charge < -0.3 is 65.7 Å². The Hall–Kier alpha value is -7.68. The molecule has 2 bridgehead atoms. The van der Waals surface area contributed by atoms with Crippen molar-refractivity contribution >= 4 is 46.8 Å². The van der Waals surface area contributed by atoms with Crippen LogP contribution >= 0.6 is 0 Å². The molecule has 9 aliphatic rings. The molecule has 6 saturated carbocycles. The smallest absolute Gasteiger partial charge is 0.407 e. The summed E-state index contributed by atoms with van der Waals surface area (Å²) in [6.07, 6.45) is -5.69. The third kappa shape index (κ3) is 10.1. The summed E-state index contributed by atoms with van der Waals surface area (Å²) in [4.78, 5) is 80.0. The Kier molecular flexibility index (Phi) is 15.2. The zero-order chi connectivity index (χ0) is 61.6. The molecule has 87 heavy (non-hydrogen) atoms. The summed E-state index contributed by atoms with van der Waals surface area (Å²) < 4.78 is 50.8. The number of carbonyl (C=O) groups excluding carboxylic acids is 5. The van der Waals surface area contributed by atoms with Crippen molar-refractivity contribution in [2.75, 3.05) is 36.5 Å². The predicted molar refractivity (Wildman–Crippen MR) is 301 cm³/mol. The van der Waals surface area contributed by atoms with Crippen molar-refractivity contribution in [2.24, 2.45) is 39.4 Å². The fourth-order valence-corrected chi connectivity index (χ4v) is 16.6. The number of carboxylic acids is 1. The first-order valence-corrected chi connectivity index (χ1v) is 29.2. The second kappa shape index (κ2) is 22.2. The minimum atomic E-state index is -2.28. The molecule has 3 aromatic carbocycles. The maximum absolute atomic E-state index is 17.9. The van der Waals surface area contributed by atoms with Crippen LogP contribution in [-0.2, 0) is 52.9 Å². The number of alkyl halides is 2. The lowest BCUT2D eigenvalue weighted by molar-refractivity contribution is -0.271. The first-order chi connectivity index (χ1) is 41.4. The Labute approximate surface area is 497 Å². The summed E-state index contributed by atoms with van der Waals surface area (Å²) in [6.45, 7) is 3.08. The topological polar surface area (TPSA) is 342 Å². The number of alkyl carbamates (subject to hydrolysis) is 1. The Bertz CT molecular complexity index is 3450. The second-order valence-corrected chi connectivity index (χ2v) is 25.7. The van der Waals surface area contributed by atoms with Gasteiger partial charge in [0.25, 0.3) is 0 Å². The van der Waals surface area contributed by atoms with Gasteiger partial charge in [0.15, 0.2) is 29.7 Å². The first-order valence-electron chi connectivity index (χ1n) is 29.2. The number of halogens is 2. The summed E-state index contributed by atoms with van der Waals surface area (Å²) >= 11 is 0. The van der Waals surface area contributed by atoms with Gasteiger partial charge in [-0.2, -0.15) is 0 Å². The van der Waals surface area contributed by atoms with Crippen molar-refractivity contribution in [1.29, 1.82) is 0 Å². The Balaban J connectivity index is 0.647. The number of nitrogens with zero attached hydrogens (tertiary/aromatic N) is 5. The van der Waals surface area contributed by atoms with Gasteiger partial charge in [-0.1, -0.05) is 55.5 Å².